The second kappa shape index (κ2) is 5.86. The van der Waals surface area contributed by atoms with Crippen LogP contribution < -0.4 is 5.32 Å². The highest BCUT2D eigenvalue weighted by Gasteiger charge is 2.34. The third kappa shape index (κ3) is 3.10. The molecule has 0 saturated heterocycles. The molecule has 1 aromatic carbocycles. The van der Waals surface area contributed by atoms with E-state index in [2.05, 4.69) is 27.9 Å². The lowest BCUT2D eigenvalue weighted by molar-refractivity contribution is -0.138. The van der Waals surface area contributed by atoms with Gasteiger partial charge in [-0.2, -0.15) is 13.2 Å². The molecule has 0 atom stereocenters. The van der Waals surface area contributed by atoms with Crippen LogP contribution in [-0.2, 0) is 19.1 Å². The van der Waals surface area contributed by atoms with Gasteiger partial charge >= 0.3 is 6.18 Å². The zero-order valence-corrected chi connectivity index (χ0v) is 11.0. The molecule has 1 aromatic rings. The monoisotopic (exact) mass is 343 g/mol. The Hall–Kier alpha value is -0.300. The van der Waals surface area contributed by atoms with Crippen molar-refractivity contribution in [1.82, 2.24) is 5.32 Å². The van der Waals surface area contributed by atoms with E-state index >= 15 is 0 Å². The van der Waals surface area contributed by atoms with Gasteiger partial charge in [0.2, 0.25) is 0 Å². The molecular formula is C11H13F3IN. The van der Waals surface area contributed by atoms with Crippen LogP contribution in [0.2, 0.25) is 0 Å². The van der Waals surface area contributed by atoms with Crippen LogP contribution in [0.5, 0.6) is 0 Å². The summed E-state index contributed by atoms with van der Waals surface area (Å²) < 4.78 is 37.7. The summed E-state index contributed by atoms with van der Waals surface area (Å²) in [4.78, 5) is 1.97. The summed E-state index contributed by atoms with van der Waals surface area (Å²) in [5.74, 6) is 0. The standard InChI is InChI=1S/C10H10F3N.CH3I/c11-10(12,13)9-3-1-2-7-6-14-5-4-8(7)9;1-2/h1-3,14H,4-6H2;1H3. The molecule has 0 amide bonds. The van der Waals surface area contributed by atoms with Gasteiger partial charge in [0.1, 0.15) is 0 Å². The zero-order valence-electron chi connectivity index (χ0n) is 8.87. The van der Waals surface area contributed by atoms with Crippen molar-refractivity contribution in [3.05, 3.63) is 34.9 Å². The number of hydrogen-bond donors (Lipinski definition) is 1. The maximum atomic E-state index is 12.6. The Morgan fingerprint density at radius 1 is 1.25 bits per heavy atom. The van der Waals surface area contributed by atoms with E-state index < -0.39 is 11.7 Å². The van der Waals surface area contributed by atoms with E-state index in [1.54, 1.807) is 6.07 Å². The molecule has 5 heteroatoms. The molecular weight excluding hydrogens is 330 g/mol. The van der Waals surface area contributed by atoms with E-state index in [1.165, 1.54) is 6.07 Å². The van der Waals surface area contributed by atoms with Gasteiger partial charge in [-0.05, 0) is 35.1 Å². The van der Waals surface area contributed by atoms with E-state index in [0.717, 1.165) is 11.6 Å². The van der Waals surface area contributed by atoms with E-state index in [-0.39, 0.29) is 0 Å². The third-order valence-corrected chi connectivity index (χ3v) is 2.45. The Kier molecular flexibility index (Phi) is 5.04. The predicted molar refractivity (Wildman–Crippen MR) is 66.8 cm³/mol. The number of halogens is 4. The lowest BCUT2D eigenvalue weighted by Gasteiger charge is -2.21. The molecule has 0 unspecified atom stereocenters. The summed E-state index contributed by atoms with van der Waals surface area (Å²) in [6.45, 7) is 1.17. The Balaban J connectivity index is 0.000000606. The van der Waals surface area contributed by atoms with Crippen LogP contribution >= 0.6 is 22.6 Å². The summed E-state index contributed by atoms with van der Waals surface area (Å²) in [7, 11) is 0. The number of rotatable bonds is 0. The van der Waals surface area contributed by atoms with E-state index in [0.29, 0.717) is 25.1 Å². The van der Waals surface area contributed by atoms with Crippen LogP contribution in [0.15, 0.2) is 18.2 Å². The summed E-state index contributed by atoms with van der Waals surface area (Å²) in [6, 6.07) is 4.37. The molecule has 1 heterocycles. The minimum atomic E-state index is -4.22. The lowest BCUT2D eigenvalue weighted by Crippen LogP contribution is -2.26. The minimum absolute atomic E-state index is 0.457. The van der Waals surface area contributed by atoms with Crippen LogP contribution in [0, 0.1) is 0 Å². The van der Waals surface area contributed by atoms with E-state index in [1.807, 2.05) is 4.93 Å². The third-order valence-electron chi connectivity index (χ3n) is 2.45. The average Bonchev–Trinajstić information content (AvgIpc) is 2.30. The number of benzene rings is 1. The maximum absolute atomic E-state index is 12.6. The van der Waals surface area contributed by atoms with E-state index in [9.17, 15) is 13.2 Å². The Bertz CT molecular complexity index is 350. The van der Waals surface area contributed by atoms with Gasteiger partial charge < -0.3 is 5.32 Å². The number of alkyl halides is 4. The lowest BCUT2D eigenvalue weighted by atomic mass is 9.95. The molecule has 1 aliphatic heterocycles. The fourth-order valence-electron chi connectivity index (χ4n) is 1.80. The smallest absolute Gasteiger partial charge is 0.312 e. The molecule has 0 bridgehead atoms. The molecule has 2 rings (SSSR count). The van der Waals surface area contributed by atoms with E-state index in [4.69, 9.17) is 0 Å². The summed E-state index contributed by atoms with van der Waals surface area (Å²) in [5.41, 5.74) is 0.751. The van der Waals surface area contributed by atoms with Crippen LogP contribution in [0.25, 0.3) is 0 Å². The maximum Gasteiger partial charge on any atom is 0.416 e. The Labute approximate surface area is 107 Å². The van der Waals surface area contributed by atoms with Crippen molar-refractivity contribution in [2.75, 3.05) is 11.5 Å². The van der Waals surface area contributed by atoms with Gasteiger partial charge in [-0.1, -0.05) is 34.7 Å². The first kappa shape index (κ1) is 13.8. The van der Waals surface area contributed by atoms with Crippen LogP contribution in [-0.4, -0.2) is 11.5 Å². The van der Waals surface area contributed by atoms with Crippen LogP contribution in [0.4, 0.5) is 13.2 Å². The van der Waals surface area contributed by atoms with Crippen molar-refractivity contribution in [2.24, 2.45) is 0 Å². The van der Waals surface area contributed by atoms with Gasteiger partial charge in [0.15, 0.2) is 0 Å². The highest BCUT2D eigenvalue weighted by Crippen LogP contribution is 2.34. The summed E-state index contributed by atoms with van der Waals surface area (Å²) >= 11 is 2.15. The largest absolute Gasteiger partial charge is 0.416 e. The molecule has 0 radical (unpaired) electrons. The Morgan fingerprint density at radius 3 is 2.56 bits per heavy atom. The topological polar surface area (TPSA) is 12.0 Å². The van der Waals surface area contributed by atoms with Crippen molar-refractivity contribution in [2.45, 2.75) is 19.1 Å². The summed E-state index contributed by atoms with van der Waals surface area (Å²) in [5, 5.41) is 3.05. The van der Waals surface area contributed by atoms with Crippen LogP contribution in [0.3, 0.4) is 0 Å². The molecule has 90 valence electrons. The summed E-state index contributed by atoms with van der Waals surface area (Å²) in [6.07, 6.45) is -3.76. The van der Waals surface area contributed by atoms with Crippen LogP contribution in [0.1, 0.15) is 16.7 Å². The molecule has 0 fully saturated rings. The fourth-order valence-corrected chi connectivity index (χ4v) is 1.80. The molecule has 0 spiro atoms. The van der Waals surface area contributed by atoms with Crippen molar-refractivity contribution in [1.29, 1.82) is 0 Å². The van der Waals surface area contributed by atoms with Gasteiger partial charge in [-0.25, -0.2) is 0 Å². The quantitative estimate of drug-likeness (QED) is 0.562. The predicted octanol–water partition coefficient (Wildman–Crippen LogP) is 3.40. The van der Waals surface area contributed by atoms with Crippen molar-refractivity contribution >= 4 is 22.6 Å². The molecule has 1 N–H and O–H groups in total. The average molecular weight is 343 g/mol. The van der Waals surface area contributed by atoms with Crippen molar-refractivity contribution in [3.63, 3.8) is 0 Å². The second-order valence-electron chi connectivity index (χ2n) is 3.37. The second-order valence-corrected chi connectivity index (χ2v) is 3.37. The number of hydrogen-bond acceptors (Lipinski definition) is 1. The Morgan fingerprint density at radius 2 is 1.94 bits per heavy atom. The highest BCUT2D eigenvalue weighted by molar-refractivity contribution is 14.1. The first-order valence-corrected chi connectivity index (χ1v) is 7.01. The number of fused-ring (bicyclic) bond motifs is 1. The molecule has 1 nitrogen and oxygen atoms in total. The molecule has 1 aliphatic rings. The first-order valence-electron chi connectivity index (χ1n) is 4.85. The number of nitrogens with one attached hydrogen (secondary N) is 1. The molecule has 0 aliphatic carbocycles. The van der Waals surface area contributed by atoms with Gasteiger partial charge in [-0.15, -0.1) is 0 Å². The molecule has 0 saturated carbocycles. The zero-order chi connectivity index (χ0) is 12.2. The SMILES string of the molecule is CI.FC(F)(F)c1cccc2c1CCNC2. The fraction of sp³-hybridized carbons (Fsp3) is 0.455. The normalized spacial score (nSPS) is 14.8. The van der Waals surface area contributed by atoms with Gasteiger partial charge in [0.25, 0.3) is 0 Å². The molecule has 0 aromatic heterocycles. The van der Waals surface area contributed by atoms with Crippen molar-refractivity contribution in [3.8, 4) is 0 Å². The van der Waals surface area contributed by atoms with Crippen molar-refractivity contribution < 1.29 is 13.2 Å². The highest BCUT2D eigenvalue weighted by atomic mass is 127. The van der Waals surface area contributed by atoms with Gasteiger partial charge in [0, 0.05) is 6.54 Å². The minimum Gasteiger partial charge on any atom is -0.312 e. The first-order chi connectivity index (χ1) is 7.59. The van der Waals surface area contributed by atoms with Gasteiger partial charge in [0.05, 0.1) is 5.56 Å². The van der Waals surface area contributed by atoms with Gasteiger partial charge in [-0.3, -0.25) is 0 Å². The molecule has 16 heavy (non-hydrogen) atoms.